The van der Waals surface area contributed by atoms with Crippen molar-refractivity contribution in [2.75, 3.05) is 11.9 Å². The van der Waals surface area contributed by atoms with E-state index >= 15 is 0 Å². The van der Waals surface area contributed by atoms with E-state index < -0.39 is 0 Å². The fourth-order valence-corrected chi connectivity index (χ4v) is 2.55. The molecule has 3 rings (SSSR count). The van der Waals surface area contributed by atoms with Gasteiger partial charge in [-0.05, 0) is 48.0 Å². The number of anilines is 1. The summed E-state index contributed by atoms with van der Waals surface area (Å²) < 4.78 is 0. The lowest BCUT2D eigenvalue weighted by molar-refractivity contribution is 0.475. The molecule has 0 bridgehead atoms. The maximum absolute atomic E-state index is 9.39. The van der Waals surface area contributed by atoms with Crippen LogP contribution in [0.25, 0.3) is 5.70 Å². The van der Waals surface area contributed by atoms with Crippen molar-refractivity contribution in [3.8, 4) is 5.75 Å². The molecule has 0 saturated heterocycles. The number of nitrogens with zero attached hydrogens (tertiary/aromatic N) is 2. The van der Waals surface area contributed by atoms with Gasteiger partial charge >= 0.3 is 0 Å². The first-order chi connectivity index (χ1) is 11.5. The van der Waals surface area contributed by atoms with E-state index in [0.29, 0.717) is 0 Å². The summed E-state index contributed by atoms with van der Waals surface area (Å²) in [5.74, 6) is 0.239. The smallest absolute Gasteiger partial charge is 0.115 e. The van der Waals surface area contributed by atoms with Gasteiger partial charge in [0.15, 0.2) is 0 Å². The zero-order chi connectivity index (χ0) is 17.1. The van der Waals surface area contributed by atoms with Gasteiger partial charge in [-0.2, -0.15) is 5.10 Å². The van der Waals surface area contributed by atoms with Gasteiger partial charge in [-0.1, -0.05) is 30.3 Å². The Morgan fingerprint density at radius 2 is 1.83 bits per heavy atom. The molecule has 24 heavy (non-hydrogen) atoms. The monoisotopic (exact) mass is 339 g/mol. The number of hydrogen-bond acceptors (Lipinski definition) is 3. The third-order valence-electron chi connectivity index (χ3n) is 3.88. The van der Waals surface area contributed by atoms with Crippen LogP contribution in [-0.2, 0) is 6.42 Å². The Bertz CT molecular complexity index is 838. The molecule has 0 amide bonds. The lowest BCUT2D eigenvalue weighted by atomic mass is 10.1. The number of aromatic amines is 1. The third kappa shape index (κ3) is 3.60. The largest absolute Gasteiger partial charge is 0.508 e. The van der Waals surface area contributed by atoms with Gasteiger partial charge in [-0.15, -0.1) is 0 Å². The second-order valence-corrected chi connectivity index (χ2v) is 6.04. The van der Waals surface area contributed by atoms with E-state index in [1.165, 1.54) is 0 Å². The zero-order valence-corrected chi connectivity index (χ0v) is 14.1. The van der Waals surface area contributed by atoms with Crippen LogP contribution in [0.5, 0.6) is 5.75 Å². The molecule has 0 aliphatic heterocycles. The molecule has 1 aromatic heterocycles. The molecule has 1 heterocycles. The molecular weight excluding hydrogens is 322 g/mol. The van der Waals surface area contributed by atoms with Crippen LogP contribution < -0.4 is 4.90 Å². The third-order valence-corrected chi connectivity index (χ3v) is 4.13. The van der Waals surface area contributed by atoms with Crippen LogP contribution in [0.15, 0.2) is 61.2 Å². The average molecular weight is 340 g/mol. The summed E-state index contributed by atoms with van der Waals surface area (Å²) in [5.41, 5.74) is 4.66. The number of halogens is 1. The van der Waals surface area contributed by atoms with Gasteiger partial charge < -0.3 is 10.0 Å². The number of nitrogens with one attached hydrogen (secondary N) is 1. The van der Waals surface area contributed by atoms with Crippen molar-refractivity contribution < 1.29 is 5.11 Å². The van der Waals surface area contributed by atoms with E-state index in [-0.39, 0.29) is 5.75 Å². The molecule has 4 nitrogen and oxygen atoms in total. The Hall–Kier alpha value is -2.72. The normalized spacial score (nSPS) is 10.6. The van der Waals surface area contributed by atoms with Crippen molar-refractivity contribution in [3.05, 3.63) is 83.2 Å². The van der Waals surface area contributed by atoms with Crippen molar-refractivity contribution in [2.24, 2.45) is 0 Å². The van der Waals surface area contributed by atoms with Crippen LogP contribution in [0.1, 0.15) is 17.0 Å². The number of phenols is 1. The van der Waals surface area contributed by atoms with Crippen LogP contribution in [-0.4, -0.2) is 22.4 Å². The molecule has 0 radical (unpaired) electrons. The zero-order valence-electron chi connectivity index (χ0n) is 13.3. The molecule has 3 aromatic rings. The molecule has 0 aliphatic rings. The minimum Gasteiger partial charge on any atom is -0.508 e. The second kappa shape index (κ2) is 6.81. The number of hydrogen-bond donors (Lipinski definition) is 2. The van der Waals surface area contributed by atoms with E-state index in [4.69, 9.17) is 11.6 Å². The summed E-state index contributed by atoms with van der Waals surface area (Å²) in [6.45, 7) is 4.12. The summed E-state index contributed by atoms with van der Waals surface area (Å²) in [5, 5.41) is 17.5. The molecule has 0 saturated carbocycles. The summed E-state index contributed by atoms with van der Waals surface area (Å²) in [6, 6.07) is 16.7. The van der Waals surface area contributed by atoms with Crippen LogP contribution >= 0.6 is 11.6 Å². The topological polar surface area (TPSA) is 52.2 Å². The summed E-state index contributed by atoms with van der Waals surface area (Å²) in [6.07, 6.45) is 0.750. The number of phenolic OH excluding ortho intramolecular Hbond substituents is 1. The SMILES string of the molecule is C=C(c1cc(Cc2ccc(Cl)cc2)[nH]n1)N(C)c1ccc(O)cc1. The predicted molar refractivity (Wildman–Crippen MR) is 98.4 cm³/mol. The quantitative estimate of drug-likeness (QED) is 0.721. The predicted octanol–water partition coefficient (Wildman–Crippen LogP) is 4.47. The number of benzene rings is 2. The Kier molecular flexibility index (Phi) is 4.58. The second-order valence-electron chi connectivity index (χ2n) is 5.60. The first-order valence-electron chi connectivity index (χ1n) is 7.53. The van der Waals surface area contributed by atoms with Gasteiger partial charge in [0.2, 0.25) is 0 Å². The number of H-pyrrole nitrogens is 1. The van der Waals surface area contributed by atoms with Crippen LogP contribution in [0.4, 0.5) is 5.69 Å². The van der Waals surface area contributed by atoms with Gasteiger partial charge in [0, 0.05) is 29.9 Å². The molecule has 5 heteroatoms. The Labute approximate surface area is 146 Å². The minimum atomic E-state index is 0.239. The number of aromatic nitrogens is 2. The summed E-state index contributed by atoms with van der Waals surface area (Å²) in [7, 11) is 1.92. The van der Waals surface area contributed by atoms with Gasteiger partial charge in [-0.25, -0.2) is 0 Å². The highest BCUT2D eigenvalue weighted by Crippen LogP contribution is 2.24. The van der Waals surface area contributed by atoms with E-state index in [9.17, 15) is 5.11 Å². The Morgan fingerprint density at radius 3 is 2.50 bits per heavy atom. The fourth-order valence-electron chi connectivity index (χ4n) is 2.43. The van der Waals surface area contributed by atoms with Crippen LogP contribution in [0, 0.1) is 0 Å². The lowest BCUT2D eigenvalue weighted by Crippen LogP contribution is -2.14. The summed E-state index contributed by atoms with van der Waals surface area (Å²) in [4.78, 5) is 1.93. The van der Waals surface area contributed by atoms with Crippen LogP contribution in [0.3, 0.4) is 0 Å². The van der Waals surface area contributed by atoms with E-state index in [1.807, 2.05) is 54.4 Å². The molecule has 0 aliphatic carbocycles. The number of rotatable bonds is 5. The molecule has 122 valence electrons. The highest BCUT2D eigenvalue weighted by atomic mass is 35.5. The van der Waals surface area contributed by atoms with Gasteiger partial charge in [0.25, 0.3) is 0 Å². The van der Waals surface area contributed by atoms with Crippen molar-refractivity contribution in [2.45, 2.75) is 6.42 Å². The van der Waals surface area contributed by atoms with Crippen molar-refractivity contribution in [1.29, 1.82) is 0 Å². The molecule has 0 spiro atoms. The molecule has 0 atom stereocenters. The first-order valence-corrected chi connectivity index (χ1v) is 7.91. The fraction of sp³-hybridized carbons (Fsp3) is 0.105. The van der Waals surface area contributed by atoms with E-state index in [1.54, 1.807) is 12.1 Å². The first kappa shape index (κ1) is 16.1. The highest BCUT2D eigenvalue weighted by Gasteiger charge is 2.11. The Morgan fingerprint density at radius 1 is 1.17 bits per heavy atom. The standard InChI is InChI=1S/C19H18ClN3O/c1-13(23(2)17-7-9-18(24)10-8-17)19-12-16(21-22-19)11-14-3-5-15(20)6-4-14/h3-10,12,24H,1,11H2,2H3,(H,21,22). The highest BCUT2D eigenvalue weighted by molar-refractivity contribution is 6.30. The van der Waals surface area contributed by atoms with Gasteiger partial charge in [-0.3, -0.25) is 5.10 Å². The number of aromatic hydroxyl groups is 1. The van der Waals surface area contributed by atoms with Gasteiger partial charge in [0.05, 0.1) is 5.70 Å². The lowest BCUT2D eigenvalue weighted by Gasteiger charge is -2.20. The minimum absolute atomic E-state index is 0.239. The molecule has 2 N–H and O–H groups in total. The molecule has 0 unspecified atom stereocenters. The van der Waals surface area contributed by atoms with Crippen molar-refractivity contribution in [3.63, 3.8) is 0 Å². The maximum Gasteiger partial charge on any atom is 0.115 e. The van der Waals surface area contributed by atoms with E-state index in [0.717, 1.165) is 39.8 Å². The van der Waals surface area contributed by atoms with Crippen LogP contribution in [0.2, 0.25) is 5.02 Å². The Balaban J connectivity index is 1.73. The average Bonchev–Trinajstić information content (AvgIpc) is 3.05. The molecule has 2 aromatic carbocycles. The van der Waals surface area contributed by atoms with Crippen molar-refractivity contribution >= 4 is 23.0 Å². The maximum atomic E-state index is 9.39. The van der Waals surface area contributed by atoms with E-state index in [2.05, 4.69) is 16.8 Å². The summed E-state index contributed by atoms with van der Waals surface area (Å²) >= 11 is 5.91. The molecule has 0 fully saturated rings. The van der Waals surface area contributed by atoms with Gasteiger partial charge in [0.1, 0.15) is 11.4 Å². The van der Waals surface area contributed by atoms with Crippen molar-refractivity contribution in [1.82, 2.24) is 10.2 Å². The molecular formula is C19H18ClN3O.